The predicted octanol–water partition coefficient (Wildman–Crippen LogP) is -1.70. The van der Waals surface area contributed by atoms with Gasteiger partial charge in [-0.2, -0.15) is 0 Å². The van der Waals surface area contributed by atoms with Crippen LogP contribution in [0, 0.1) is 0 Å². The van der Waals surface area contributed by atoms with Gasteiger partial charge in [0.15, 0.2) is 0 Å². The molecule has 0 fully saturated rings. The van der Waals surface area contributed by atoms with Crippen molar-refractivity contribution >= 4 is 29.6 Å². The first-order chi connectivity index (χ1) is 18.5. The number of primary amides is 1. The molecule has 0 aliphatic carbocycles. The van der Waals surface area contributed by atoms with Crippen molar-refractivity contribution in [2.45, 2.75) is 49.9 Å². The molecule has 13 heteroatoms. The highest BCUT2D eigenvalue weighted by atomic mass is 16.4. The van der Waals surface area contributed by atoms with Gasteiger partial charge in [-0.3, -0.25) is 19.2 Å². The minimum atomic E-state index is -1.53. The number of phenols is 1. The molecule has 0 aliphatic heterocycles. The van der Waals surface area contributed by atoms with E-state index in [2.05, 4.69) is 16.0 Å². The lowest BCUT2D eigenvalue weighted by Gasteiger charge is -2.24. The standard InChI is InChI=1S/C26H33N5O8/c27-18(10-11-22(28)34)23(35)29-19(12-16-6-8-17(33)9-7-16)24(36)31-21(14-32)25(37)30-20(26(38)39)13-15-4-2-1-3-5-15/h1-9,18-21,32-33H,10-14,27H2,(H2,28,34)(H,29,35)(H,30,37)(H,31,36)(H,38,39). The van der Waals surface area contributed by atoms with Gasteiger partial charge in [0.05, 0.1) is 12.6 Å². The Bertz CT molecular complexity index is 1140. The van der Waals surface area contributed by atoms with Gasteiger partial charge in [0.2, 0.25) is 23.6 Å². The molecule has 4 unspecified atom stereocenters. The molecule has 0 saturated carbocycles. The highest BCUT2D eigenvalue weighted by molar-refractivity contribution is 5.94. The number of aliphatic hydroxyl groups excluding tert-OH is 1. The van der Waals surface area contributed by atoms with Crippen LogP contribution in [0.3, 0.4) is 0 Å². The number of nitrogens with one attached hydrogen (secondary N) is 3. The van der Waals surface area contributed by atoms with Gasteiger partial charge < -0.3 is 42.7 Å². The topological polar surface area (TPSA) is 234 Å². The molecule has 2 rings (SSSR count). The number of aliphatic hydroxyl groups is 1. The lowest BCUT2D eigenvalue weighted by atomic mass is 10.0. The number of amides is 4. The minimum Gasteiger partial charge on any atom is -0.508 e. The third kappa shape index (κ3) is 10.4. The van der Waals surface area contributed by atoms with Gasteiger partial charge >= 0.3 is 5.97 Å². The van der Waals surface area contributed by atoms with Crippen molar-refractivity contribution in [3.05, 3.63) is 65.7 Å². The normalized spacial score (nSPS) is 13.8. The number of aromatic hydroxyl groups is 1. The molecule has 0 radical (unpaired) electrons. The van der Waals surface area contributed by atoms with E-state index in [0.29, 0.717) is 11.1 Å². The van der Waals surface area contributed by atoms with Crippen molar-refractivity contribution in [1.29, 1.82) is 0 Å². The first-order valence-electron chi connectivity index (χ1n) is 12.1. The Labute approximate surface area is 224 Å². The lowest BCUT2D eigenvalue weighted by molar-refractivity contribution is -0.142. The van der Waals surface area contributed by atoms with E-state index in [0.717, 1.165) is 0 Å². The Balaban J connectivity index is 2.14. The fourth-order valence-corrected chi connectivity index (χ4v) is 3.57. The summed E-state index contributed by atoms with van der Waals surface area (Å²) >= 11 is 0. The molecule has 0 aromatic heterocycles. The molecule has 0 aliphatic rings. The summed E-state index contributed by atoms with van der Waals surface area (Å²) in [5.74, 6) is -4.53. The number of benzene rings is 2. The fourth-order valence-electron chi connectivity index (χ4n) is 3.57. The molecule has 0 heterocycles. The van der Waals surface area contributed by atoms with Crippen molar-refractivity contribution in [1.82, 2.24) is 16.0 Å². The van der Waals surface area contributed by atoms with Crippen LogP contribution in [-0.2, 0) is 36.8 Å². The number of carbonyl (C=O) groups is 5. The third-order valence-electron chi connectivity index (χ3n) is 5.76. The molecule has 2 aromatic carbocycles. The second-order valence-corrected chi connectivity index (χ2v) is 8.88. The van der Waals surface area contributed by atoms with E-state index in [1.165, 1.54) is 24.3 Å². The number of carboxylic acids is 1. The summed E-state index contributed by atoms with van der Waals surface area (Å²) in [6.07, 6.45) is -0.319. The summed E-state index contributed by atoms with van der Waals surface area (Å²) in [6, 6.07) is 9.09. The maximum Gasteiger partial charge on any atom is 0.326 e. The molecular formula is C26H33N5O8. The van der Waals surface area contributed by atoms with E-state index >= 15 is 0 Å². The van der Waals surface area contributed by atoms with E-state index in [1.54, 1.807) is 30.3 Å². The van der Waals surface area contributed by atoms with Crippen molar-refractivity contribution in [2.24, 2.45) is 11.5 Å². The number of aliphatic carboxylic acids is 1. The van der Waals surface area contributed by atoms with E-state index < -0.39 is 60.4 Å². The summed E-state index contributed by atoms with van der Waals surface area (Å²) < 4.78 is 0. The van der Waals surface area contributed by atoms with Gasteiger partial charge in [0, 0.05) is 19.3 Å². The Morgan fingerprint density at radius 3 is 1.82 bits per heavy atom. The van der Waals surface area contributed by atoms with Crippen LogP contribution < -0.4 is 27.4 Å². The number of carboxylic acid groups (broad SMARTS) is 1. The summed E-state index contributed by atoms with van der Waals surface area (Å²) in [5.41, 5.74) is 12.1. The number of rotatable bonds is 15. The van der Waals surface area contributed by atoms with Crippen LogP contribution in [0.15, 0.2) is 54.6 Å². The largest absolute Gasteiger partial charge is 0.508 e. The van der Waals surface area contributed by atoms with Crippen LogP contribution in [0.25, 0.3) is 0 Å². The zero-order valence-corrected chi connectivity index (χ0v) is 21.1. The third-order valence-corrected chi connectivity index (χ3v) is 5.76. The van der Waals surface area contributed by atoms with Gasteiger partial charge in [0.1, 0.15) is 23.9 Å². The van der Waals surface area contributed by atoms with Crippen LogP contribution in [0.4, 0.5) is 0 Å². The smallest absolute Gasteiger partial charge is 0.326 e. The average molecular weight is 544 g/mol. The van der Waals surface area contributed by atoms with Gasteiger partial charge in [-0.1, -0.05) is 42.5 Å². The van der Waals surface area contributed by atoms with E-state index in [-0.39, 0.29) is 31.4 Å². The first kappa shape index (κ1) is 30.7. The number of hydrogen-bond donors (Lipinski definition) is 8. The highest BCUT2D eigenvalue weighted by Gasteiger charge is 2.30. The molecule has 0 bridgehead atoms. The van der Waals surface area contributed by atoms with Gasteiger partial charge in [-0.15, -0.1) is 0 Å². The summed E-state index contributed by atoms with van der Waals surface area (Å²) in [5, 5.41) is 36.0. The zero-order valence-electron chi connectivity index (χ0n) is 21.1. The predicted molar refractivity (Wildman–Crippen MR) is 139 cm³/mol. The SMILES string of the molecule is NC(=O)CCC(N)C(=O)NC(Cc1ccc(O)cc1)C(=O)NC(CO)C(=O)NC(Cc1ccccc1)C(=O)O. The monoisotopic (exact) mass is 543 g/mol. The Morgan fingerprint density at radius 1 is 0.744 bits per heavy atom. The molecule has 4 atom stereocenters. The second kappa shape index (κ2) is 15.1. The van der Waals surface area contributed by atoms with Crippen LogP contribution in [0.2, 0.25) is 0 Å². The van der Waals surface area contributed by atoms with Crippen molar-refractivity contribution < 1.29 is 39.3 Å². The number of carbonyl (C=O) groups excluding carboxylic acids is 4. The van der Waals surface area contributed by atoms with Crippen LogP contribution in [-0.4, -0.2) is 75.7 Å². The highest BCUT2D eigenvalue weighted by Crippen LogP contribution is 2.12. The lowest BCUT2D eigenvalue weighted by Crippen LogP contribution is -2.58. The van der Waals surface area contributed by atoms with Crippen molar-refractivity contribution in [3.8, 4) is 5.75 Å². The van der Waals surface area contributed by atoms with Crippen molar-refractivity contribution in [2.75, 3.05) is 6.61 Å². The van der Waals surface area contributed by atoms with Gasteiger partial charge in [0.25, 0.3) is 0 Å². The Hall–Kier alpha value is -4.49. The van der Waals surface area contributed by atoms with Crippen LogP contribution in [0.5, 0.6) is 5.75 Å². The Kier molecular flexibility index (Phi) is 11.9. The second-order valence-electron chi connectivity index (χ2n) is 8.88. The van der Waals surface area contributed by atoms with Gasteiger partial charge in [-0.05, 0) is 29.7 Å². The first-order valence-corrected chi connectivity index (χ1v) is 12.1. The van der Waals surface area contributed by atoms with Gasteiger partial charge in [-0.25, -0.2) is 4.79 Å². The molecule has 210 valence electrons. The maximum absolute atomic E-state index is 13.1. The molecule has 0 spiro atoms. The number of nitrogens with two attached hydrogens (primary N) is 2. The summed E-state index contributed by atoms with van der Waals surface area (Å²) in [7, 11) is 0. The maximum atomic E-state index is 13.1. The quantitative estimate of drug-likeness (QED) is 0.128. The van der Waals surface area contributed by atoms with Crippen LogP contribution in [0.1, 0.15) is 24.0 Å². The fraction of sp³-hybridized carbons (Fsp3) is 0.346. The molecule has 10 N–H and O–H groups in total. The molecule has 39 heavy (non-hydrogen) atoms. The van der Waals surface area contributed by atoms with E-state index in [9.17, 15) is 39.3 Å². The summed E-state index contributed by atoms with van der Waals surface area (Å²) in [4.78, 5) is 61.2. The molecule has 13 nitrogen and oxygen atoms in total. The van der Waals surface area contributed by atoms with E-state index in [1.807, 2.05) is 0 Å². The average Bonchev–Trinajstić information content (AvgIpc) is 2.90. The van der Waals surface area contributed by atoms with Crippen molar-refractivity contribution in [3.63, 3.8) is 0 Å². The molecule has 2 aromatic rings. The molecular weight excluding hydrogens is 510 g/mol. The minimum absolute atomic E-state index is 0.0160. The number of hydrogen-bond acceptors (Lipinski definition) is 8. The zero-order chi connectivity index (χ0) is 28.9. The van der Waals surface area contributed by atoms with Crippen LogP contribution >= 0.6 is 0 Å². The van der Waals surface area contributed by atoms with E-state index in [4.69, 9.17) is 11.5 Å². The molecule has 4 amide bonds. The Morgan fingerprint density at radius 2 is 1.26 bits per heavy atom. The summed E-state index contributed by atoms with van der Waals surface area (Å²) in [6.45, 7) is -0.854. The molecule has 0 saturated heterocycles. The number of phenolic OH excluding ortho intramolecular Hbond substituents is 1.